The Kier molecular flexibility index (Phi) is 9.69. The molecule has 29 heavy (non-hydrogen) atoms. The molecule has 9 heteroatoms. The van der Waals surface area contributed by atoms with Crippen LogP contribution in [0.3, 0.4) is 0 Å². The van der Waals surface area contributed by atoms with Crippen molar-refractivity contribution in [2.45, 2.75) is 39.5 Å². The van der Waals surface area contributed by atoms with E-state index in [1.807, 2.05) is 26.0 Å². The molecule has 1 N–H and O–H groups in total. The molecule has 0 radical (unpaired) electrons. The van der Waals surface area contributed by atoms with Crippen molar-refractivity contribution in [1.29, 1.82) is 0 Å². The highest BCUT2D eigenvalue weighted by Gasteiger charge is 2.31. The van der Waals surface area contributed by atoms with E-state index in [9.17, 15) is 13.2 Å². The van der Waals surface area contributed by atoms with Crippen molar-refractivity contribution >= 4 is 16.1 Å². The zero-order valence-electron chi connectivity index (χ0n) is 17.4. The maximum absolute atomic E-state index is 12.8. The van der Waals surface area contributed by atoms with Crippen molar-refractivity contribution in [3.05, 3.63) is 24.3 Å². The Morgan fingerprint density at radius 3 is 2.28 bits per heavy atom. The quantitative estimate of drug-likeness (QED) is 0.516. The predicted octanol–water partition coefficient (Wildman–Crippen LogP) is 2.02. The van der Waals surface area contributed by atoms with E-state index in [1.165, 1.54) is 8.61 Å². The predicted molar refractivity (Wildman–Crippen MR) is 112 cm³/mol. The Morgan fingerprint density at radius 2 is 1.69 bits per heavy atom. The first-order valence-corrected chi connectivity index (χ1v) is 11.7. The maximum atomic E-state index is 12.8. The van der Waals surface area contributed by atoms with E-state index in [-0.39, 0.29) is 12.5 Å². The third kappa shape index (κ3) is 7.49. The third-order valence-corrected chi connectivity index (χ3v) is 6.57. The maximum Gasteiger partial charge on any atom is 0.282 e. The molecule has 0 aromatic heterocycles. The van der Waals surface area contributed by atoms with Gasteiger partial charge in [0.1, 0.15) is 18.1 Å². The molecule has 2 rings (SSSR count). The lowest BCUT2D eigenvalue weighted by Crippen LogP contribution is -2.49. The van der Waals surface area contributed by atoms with Crippen molar-refractivity contribution in [3.63, 3.8) is 0 Å². The van der Waals surface area contributed by atoms with Gasteiger partial charge in [-0.05, 0) is 50.5 Å². The summed E-state index contributed by atoms with van der Waals surface area (Å²) in [6.07, 6.45) is 3.44. The second-order valence-electron chi connectivity index (χ2n) is 6.90. The topological polar surface area (TPSA) is 88.2 Å². The lowest BCUT2D eigenvalue weighted by Gasteiger charge is -2.31. The third-order valence-electron chi connectivity index (χ3n) is 4.59. The molecule has 1 aromatic carbocycles. The number of nitrogens with zero attached hydrogens (tertiary/aromatic N) is 2. The lowest BCUT2D eigenvalue weighted by molar-refractivity contribution is -0.121. The summed E-state index contributed by atoms with van der Waals surface area (Å²) >= 11 is 0. The van der Waals surface area contributed by atoms with Gasteiger partial charge in [0.05, 0.1) is 19.7 Å². The Bertz CT molecular complexity index is 718. The number of ether oxygens (including phenoxy) is 2. The molecule has 1 aliphatic rings. The van der Waals surface area contributed by atoms with E-state index in [2.05, 4.69) is 5.32 Å². The van der Waals surface area contributed by atoms with Crippen LogP contribution in [0, 0.1) is 0 Å². The molecule has 0 unspecified atom stereocenters. The number of benzene rings is 1. The molecular formula is C20H33N3O5S. The molecule has 0 spiro atoms. The first-order valence-electron chi connectivity index (χ1n) is 10.3. The molecule has 0 atom stereocenters. The van der Waals surface area contributed by atoms with Crippen LogP contribution in [0.4, 0.5) is 0 Å². The van der Waals surface area contributed by atoms with Crippen LogP contribution in [0.1, 0.15) is 39.5 Å². The zero-order valence-corrected chi connectivity index (χ0v) is 18.2. The second kappa shape index (κ2) is 12.0. The van der Waals surface area contributed by atoms with Crippen LogP contribution < -0.4 is 14.8 Å². The fraction of sp³-hybridized carbons (Fsp3) is 0.650. The minimum absolute atomic E-state index is 0.171. The van der Waals surface area contributed by atoms with Gasteiger partial charge in [-0.15, -0.1) is 0 Å². The van der Waals surface area contributed by atoms with Gasteiger partial charge in [0.25, 0.3) is 10.2 Å². The highest BCUT2D eigenvalue weighted by atomic mass is 32.2. The Morgan fingerprint density at radius 1 is 1.07 bits per heavy atom. The van der Waals surface area contributed by atoms with Gasteiger partial charge < -0.3 is 14.8 Å². The lowest BCUT2D eigenvalue weighted by atomic mass is 10.2. The van der Waals surface area contributed by atoms with Crippen LogP contribution in [0.2, 0.25) is 0 Å². The van der Waals surface area contributed by atoms with Crippen molar-refractivity contribution in [1.82, 2.24) is 13.9 Å². The van der Waals surface area contributed by atoms with E-state index >= 15 is 0 Å². The van der Waals surface area contributed by atoms with Crippen LogP contribution >= 0.6 is 0 Å². The standard InChI is InChI=1S/C20H33N3O5S/c1-3-13-23(29(25,26)22-14-6-5-7-15-22)17-20(24)21-12-16-28-19-10-8-18(9-11-19)27-4-2/h8-11H,3-7,12-17H2,1-2H3,(H,21,24). The van der Waals surface area contributed by atoms with Gasteiger partial charge in [0.2, 0.25) is 5.91 Å². The zero-order chi connectivity index (χ0) is 21.1. The van der Waals surface area contributed by atoms with Crippen LogP contribution in [-0.2, 0) is 15.0 Å². The number of rotatable bonds is 12. The van der Waals surface area contributed by atoms with Crippen molar-refractivity contribution in [2.75, 3.05) is 45.9 Å². The van der Waals surface area contributed by atoms with Crippen molar-refractivity contribution in [3.8, 4) is 11.5 Å². The second-order valence-corrected chi connectivity index (χ2v) is 8.83. The highest BCUT2D eigenvalue weighted by Crippen LogP contribution is 2.18. The summed E-state index contributed by atoms with van der Waals surface area (Å²) in [5.74, 6) is 1.14. The molecule has 0 bridgehead atoms. The number of hydrogen-bond donors (Lipinski definition) is 1. The molecule has 1 heterocycles. The number of carbonyl (C=O) groups is 1. The molecular weight excluding hydrogens is 394 g/mol. The average molecular weight is 428 g/mol. The number of carbonyl (C=O) groups excluding carboxylic acids is 1. The summed E-state index contributed by atoms with van der Waals surface area (Å²) in [6, 6.07) is 7.26. The molecule has 1 aromatic rings. The van der Waals surface area contributed by atoms with E-state index in [1.54, 1.807) is 12.1 Å². The fourth-order valence-electron chi connectivity index (χ4n) is 3.16. The summed E-state index contributed by atoms with van der Waals surface area (Å²) in [5, 5.41) is 2.74. The highest BCUT2D eigenvalue weighted by molar-refractivity contribution is 7.86. The Balaban J connectivity index is 1.78. The minimum atomic E-state index is -3.60. The largest absolute Gasteiger partial charge is 0.494 e. The van der Waals surface area contributed by atoms with E-state index < -0.39 is 10.2 Å². The summed E-state index contributed by atoms with van der Waals surface area (Å²) in [5.41, 5.74) is 0. The Labute approximate surface area is 174 Å². The van der Waals surface area contributed by atoms with Crippen molar-refractivity contribution < 1.29 is 22.7 Å². The summed E-state index contributed by atoms with van der Waals surface area (Å²) in [4.78, 5) is 12.3. The molecule has 1 saturated heterocycles. The van der Waals surface area contributed by atoms with Gasteiger partial charge in [-0.2, -0.15) is 17.0 Å². The number of hydrogen-bond acceptors (Lipinski definition) is 5. The van der Waals surface area contributed by atoms with Crippen molar-refractivity contribution in [2.24, 2.45) is 0 Å². The summed E-state index contributed by atoms with van der Waals surface area (Å²) in [6.45, 7) is 6.25. The van der Waals surface area contributed by atoms with Crippen LogP contribution in [-0.4, -0.2) is 68.9 Å². The number of amides is 1. The van der Waals surface area contributed by atoms with Gasteiger partial charge in [0, 0.05) is 19.6 Å². The minimum Gasteiger partial charge on any atom is -0.494 e. The van der Waals surface area contributed by atoms with E-state index in [0.29, 0.717) is 51.6 Å². The molecule has 0 aliphatic carbocycles. The normalized spacial score (nSPS) is 15.3. The molecule has 8 nitrogen and oxygen atoms in total. The van der Waals surface area contributed by atoms with Gasteiger partial charge >= 0.3 is 0 Å². The molecule has 1 amide bonds. The first-order chi connectivity index (χ1) is 14.0. The molecule has 1 aliphatic heterocycles. The monoisotopic (exact) mass is 427 g/mol. The SMILES string of the molecule is CCCN(CC(=O)NCCOc1ccc(OCC)cc1)S(=O)(=O)N1CCCCC1. The van der Waals surface area contributed by atoms with Gasteiger partial charge in [-0.3, -0.25) is 4.79 Å². The molecule has 164 valence electrons. The van der Waals surface area contributed by atoms with Crippen LogP contribution in [0.25, 0.3) is 0 Å². The summed E-state index contributed by atoms with van der Waals surface area (Å²) < 4.78 is 39.4. The molecule has 1 fully saturated rings. The average Bonchev–Trinajstić information content (AvgIpc) is 2.73. The van der Waals surface area contributed by atoms with Gasteiger partial charge in [0.15, 0.2) is 0 Å². The summed E-state index contributed by atoms with van der Waals surface area (Å²) in [7, 11) is -3.60. The van der Waals surface area contributed by atoms with E-state index in [4.69, 9.17) is 9.47 Å². The van der Waals surface area contributed by atoms with E-state index in [0.717, 1.165) is 25.0 Å². The van der Waals surface area contributed by atoms with Crippen LogP contribution in [0.5, 0.6) is 11.5 Å². The molecule has 0 saturated carbocycles. The fourth-order valence-corrected chi connectivity index (χ4v) is 4.90. The van der Waals surface area contributed by atoms with Crippen LogP contribution in [0.15, 0.2) is 24.3 Å². The smallest absolute Gasteiger partial charge is 0.282 e. The number of nitrogens with one attached hydrogen (secondary N) is 1. The van der Waals surface area contributed by atoms with Gasteiger partial charge in [-0.25, -0.2) is 0 Å². The Hall–Kier alpha value is -1.84. The number of piperidine rings is 1. The first kappa shape index (κ1) is 23.4. The van der Waals surface area contributed by atoms with Gasteiger partial charge in [-0.1, -0.05) is 13.3 Å².